The zero-order valence-electron chi connectivity index (χ0n) is 19.5. The summed E-state index contributed by atoms with van der Waals surface area (Å²) in [5.74, 6) is 0.930. The summed E-state index contributed by atoms with van der Waals surface area (Å²) in [5, 5.41) is 9.88. The van der Waals surface area contributed by atoms with E-state index in [4.69, 9.17) is 21.0 Å². The number of aryl methyl sites for hydroxylation is 2. The molecule has 7 rings (SSSR count). The number of benzene rings is 1. The summed E-state index contributed by atoms with van der Waals surface area (Å²) in [7, 11) is 0. The number of halogens is 1. The first-order valence-corrected chi connectivity index (χ1v) is 13.0. The molecule has 1 saturated carbocycles. The van der Waals surface area contributed by atoms with E-state index < -0.39 is 0 Å². The highest BCUT2D eigenvalue weighted by atomic mass is 35.5. The summed E-state index contributed by atoms with van der Waals surface area (Å²) in [4.78, 5) is 13.8. The minimum Gasteiger partial charge on any atom is -0.391 e. The van der Waals surface area contributed by atoms with Crippen LogP contribution in [0.3, 0.4) is 0 Å². The van der Waals surface area contributed by atoms with Crippen LogP contribution < -0.4 is 0 Å². The molecule has 4 aromatic rings. The lowest BCUT2D eigenvalue weighted by Gasteiger charge is -2.43. The summed E-state index contributed by atoms with van der Waals surface area (Å²) in [5.41, 5.74) is 6.11. The number of piperidine rings is 1. The van der Waals surface area contributed by atoms with Gasteiger partial charge in [0.1, 0.15) is 12.6 Å². The van der Waals surface area contributed by atoms with Gasteiger partial charge in [-0.25, -0.2) is 4.98 Å². The molecule has 178 valence electrons. The Kier molecular flexibility index (Phi) is 4.66. The van der Waals surface area contributed by atoms with E-state index in [-0.39, 0.29) is 6.04 Å². The number of aromatic nitrogens is 3. The Balaban J connectivity index is 1.33. The Morgan fingerprint density at radius 2 is 2.09 bits per heavy atom. The largest absolute Gasteiger partial charge is 0.391 e. The minimum atomic E-state index is 0.130. The number of amidine groups is 1. The monoisotopic (exact) mass is 505 g/mol. The van der Waals surface area contributed by atoms with Gasteiger partial charge in [0.2, 0.25) is 0 Å². The predicted molar refractivity (Wildman–Crippen MR) is 137 cm³/mol. The highest BCUT2D eigenvalue weighted by Gasteiger charge is 2.51. The summed E-state index contributed by atoms with van der Waals surface area (Å²) in [6.07, 6.45) is 9.54. The number of oxime groups is 1. The second-order valence-electron chi connectivity index (χ2n) is 9.91. The highest BCUT2D eigenvalue weighted by Crippen LogP contribution is 2.56. The maximum absolute atomic E-state index is 6.27. The van der Waals surface area contributed by atoms with Gasteiger partial charge in [0.15, 0.2) is 11.4 Å². The number of fused-ring (bicyclic) bond motifs is 2. The van der Waals surface area contributed by atoms with Crippen molar-refractivity contribution in [2.24, 2.45) is 10.6 Å². The number of rotatable bonds is 3. The first kappa shape index (κ1) is 21.2. The van der Waals surface area contributed by atoms with Gasteiger partial charge in [-0.1, -0.05) is 28.0 Å². The number of hydrogen-bond donors (Lipinski definition) is 0. The molecule has 0 bridgehead atoms. The molecule has 1 atom stereocenters. The van der Waals surface area contributed by atoms with Crippen LogP contribution in [0.25, 0.3) is 22.7 Å². The first-order chi connectivity index (χ1) is 17.0. The maximum Gasteiger partial charge on any atom is 0.191 e. The second-order valence-corrected chi connectivity index (χ2v) is 11.7. The molecule has 1 saturated heterocycles. The molecule has 0 amide bonds. The molecule has 1 aromatic carbocycles. The third-order valence-corrected chi connectivity index (χ3v) is 8.73. The van der Waals surface area contributed by atoms with Crippen molar-refractivity contribution in [2.75, 3.05) is 13.2 Å². The van der Waals surface area contributed by atoms with Crippen molar-refractivity contribution < 1.29 is 9.36 Å². The van der Waals surface area contributed by atoms with Crippen molar-refractivity contribution >= 4 is 45.8 Å². The van der Waals surface area contributed by atoms with Gasteiger partial charge in [0.05, 0.1) is 33.1 Å². The van der Waals surface area contributed by atoms with Crippen molar-refractivity contribution in [3.05, 3.63) is 68.5 Å². The lowest BCUT2D eigenvalue weighted by Crippen LogP contribution is -2.47. The number of imidazole rings is 1. The van der Waals surface area contributed by atoms with Crippen LogP contribution in [-0.4, -0.2) is 38.6 Å². The fraction of sp³-hybridized carbons (Fsp3) is 0.346. The smallest absolute Gasteiger partial charge is 0.191 e. The summed E-state index contributed by atoms with van der Waals surface area (Å²) >= 11 is 7.90. The standard InChI is InChI=1S/C26H24ClN5O2S/c1-15-11-31(14-28-15)19-4-3-17(23-16(2)29-34-24(19)23)9-18-10-26(7-8-26)13-32-20(12-33-30-25(18)32)21-5-6-22(27)35-21/h3-6,9,11,14,20H,7-8,10,12-13H2,1-2H3/b18-9+. The molecular formula is C26H24ClN5O2S. The third-order valence-electron chi connectivity index (χ3n) is 7.39. The van der Waals surface area contributed by atoms with Crippen LogP contribution in [0, 0.1) is 19.3 Å². The number of hydrogen-bond acceptors (Lipinski definition) is 7. The molecule has 3 aliphatic rings. The van der Waals surface area contributed by atoms with E-state index >= 15 is 0 Å². The average molecular weight is 506 g/mol. The van der Waals surface area contributed by atoms with Gasteiger partial charge >= 0.3 is 0 Å². The quantitative estimate of drug-likeness (QED) is 0.327. The van der Waals surface area contributed by atoms with Crippen molar-refractivity contribution in [3.8, 4) is 5.69 Å². The lowest BCUT2D eigenvalue weighted by atomic mass is 9.87. The van der Waals surface area contributed by atoms with Crippen LogP contribution in [0.2, 0.25) is 4.34 Å². The van der Waals surface area contributed by atoms with Crippen LogP contribution in [-0.2, 0) is 4.84 Å². The van der Waals surface area contributed by atoms with Crippen LogP contribution in [0.4, 0.5) is 0 Å². The van der Waals surface area contributed by atoms with Crippen molar-refractivity contribution in [2.45, 2.75) is 39.2 Å². The molecule has 0 radical (unpaired) electrons. The number of thiophene rings is 1. The van der Waals surface area contributed by atoms with Gasteiger partial charge in [-0.2, -0.15) is 0 Å². The summed E-state index contributed by atoms with van der Waals surface area (Å²) in [6.45, 7) is 5.51. The molecule has 1 spiro atoms. The van der Waals surface area contributed by atoms with Gasteiger partial charge < -0.3 is 18.8 Å². The molecule has 3 aromatic heterocycles. The van der Waals surface area contributed by atoms with Crippen molar-refractivity contribution in [3.63, 3.8) is 0 Å². The molecule has 1 aliphatic carbocycles. The van der Waals surface area contributed by atoms with E-state index in [1.54, 1.807) is 17.7 Å². The first-order valence-electron chi connectivity index (χ1n) is 11.8. The third kappa shape index (κ3) is 3.50. The molecule has 7 nitrogen and oxygen atoms in total. The fourth-order valence-electron chi connectivity index (χ4n) is 5.43. The van der Waals surface area contributed by atoms with E-state index in [0.29, 0.717) is 12.0 Å². The Morgan fingerprint density at radius 3 is 2.83 bits per heavy atom. The molecule has 2 fully saturated rings. The number of nitrogens with zero attached hydrogens (tertiary/aromatic N) is 5. The van der Waals surface area contributed by atoms with Gasteiger partial charge in [-0.05, 0) is 73.9 Å². The fourth-order valence-corrected chi connectivity index (χ4v) is 6.59. The molecule has 5 heterocycles. The summed E-state index contributed by atoms with van der Waals surface area (Å²) in [6, 6.07) is 8.43. The van der Waals surface area contributed by atoms with Crippen molar-refractivity contribution in [1.29, 1.82) is 0 Å². The summed E-state index contributed by atoms with van der Waals surface area (Å²) < 4.78 is 8.59. The zero-order valence-corrected chi connectivity index (χ0v) is 21.1. The lowest BCUT2D eigenvalue weighted by molar-refractivity contribution is 0.0495. The van der Waals surface area contributed by atoms with Crippen LogP contribution in [0.5, 0.6) is 0 Å². The zero-order chi connectivity index (χ0) is 23.7. The van der Waals surface area contributed by atoms with E-state index in [2.05, 4.69) is 44.5 Å². The molecule has 2 aliphatic heterocycles. The van der Waals surface area contributed by atoms with Gasteiger partial charge in [0.25, 0.3) is 0 Å². The van der Waals surface area contributed by atoms with Crippen LogP contribution >= 0.6 is 22.9 Å². The normalized spacial score (nSPS) is 21.9. The Labute approximate surface area is 211 Å². The van der Waals surface area contributed by atoms with Gasteiger partial charge in [-0.15, -0.1) is 11.3 Å². The van der Waals surface area contributed by atoms with Crippen LogP contribution in [0.15, 0.2) is 52.0 Å². The molecule has 9 heteroatoms. The SMILES string of the molecule is Cc1cn(-c2ccc(/C=C3\CC4(CC4)CN4C3=NOCC4c3ccc(Cl)s3)c3c(C)noc23)cn1. The molecule has 0 N–H and O–H groups in total. The maximum atomic E-state index is 6.27. The minimum absolute atomic E-state index is 0.130. The molecule has 35 heavy (non-hydrogen) atoms. The van der Waals surface area contributed by atoms with E-state index in [1.165, 1.54) is 23.3 Å². The van der Waals surface area contributed by atoms with Crippen molar-refractivity contribution in [1.82, 2.24) is 19.6 Å². The van der Waals surface area contributed by atoms with E-state index in [9.17, 15) is 0 Å². The highest BCUT2D eigenvalue weighted by molar-refractivity contribution is 7.16. The average Bonchev–Trinajstić information content (AvgIpc) is 3.18. The van der Waals surface area contributed by atoms with E-state index in [1.807, 2.05) is 30.7 Å². The molecular weight excluding hydrogens is 482 g/mol. The van der Waals surface area contributed by atoms with E-state index in [0.717, 1.165) is 56.7 Å². The van der Waals surface area contributed by atoms with Crippen LogP contribution in [0.1, 0.15) is 47.1 Å². The second kappa shape index (κ2) is 7.70. The Bertz CT molecular complexity index is 1530. The van der Waals surface area contributed by atoms with Gasteiger partial charge in [0, 0.05) is 17.6 Å². The van der Waals surface area contributed by atoms with Gasteiger partial charge in [-0.3, -0.25) is 0 Å². The topological polar surface area (TPSA) is 68.7 Å². The Hall–Kier alpha value is -3.10. The predicted octanol–water partition coefficient (Wildman–Crippen LogP) is 6.30. The molecule has 1 unspecified atom stereocenters. The Morgan fingerprint density at radius 1 is 1.20 bits per heavy atom.